The van der Waals surface area contributed by atoms with E-state index in [4.69, 9.17) is 11.6 Å². The number of nitrogens with one attached hydrogen (secondary N) is 1. The first kappa shape index (κ1) is 23.4. The summed E-state index contributed by atoms with van der Waals surface area (Å²) in [5.41, 5.74) is 0.594. The van der Waals surface area contributed by atoms with Crippen LogP contribution >= 0.6 is 11.6 Å². The number of benzene rings is 2. The molecule has 1 saturated heterocycles. The second-order valence-corrected chi connectivity index (χ2v) is 8.50. The molecule has 2 aromatic carbocycles. The lowest BCUT2D eigenvalue weighted by Crippen LogP contribution is -2.44. The summed E-state index contributed by atoms with van der Waals surface area (Å²) >= 11 is 6.19. The Bertz CT molecular complexity index is 1320. The molecule has 176 valence electrons. The van der Waals surface area contributed by atoms with Crippen LogP contribution in [0.3, 0.4) is 0 Å². The minimum absolute atomic E-state index is 0.153. The quantitative estimate of drug-likeness (QED) is 0.439. The van der Waals surface area contributed by atoms with E-state index >= 15 is 0 Å². The summed E-state index contributed by atoms with van der Waals surface area (Å²) in [5.74, 6) is -0.727. The zero-order chi connectivity index (χ0) is 24.4. The van der Waals surface area contributed by atoms with Gasteiger partial charge in [0, 0.05) is 49.0 Å². The van der Waals surface area contributed by atoms with E-state index in [1.807, 2.05) is 13.1 Å². The maximum atomic E-state index is 13.2. The van der Waals surface area contributed by atoms with Crippen molar-refractivity contribution in [2.75, 3.05) is 43.4 Å². The Kier molecular flexibility index (Phi) is 6.62. The van der Waals surface area contributed by atoms with Crippen LogP contribution in [0.1, 0.15) is 16.2 Å². The van der Waals surface area contributed by atoms with Crippen LogP contribution in [0, 0.1) is 17.0 Å². The molecule has 0 atom stereocenters. The van der Waals surface area contributed by atoms with Gasteiger partial charge in [0.2, 0.25) is 5.43 Å². The van der Waals surface area contributed by atoms with Gasteiger partial charge in [-0.05, 0) is 38.2 Å². The Morgan fingerprint density at radius 3 is 2.50 bits per heavy atom. The minimum atomic E-state index is -0.727. The monoisotopic (exact) mass is 482 g/mol. The van der Waals surface area contributed by atoms with Gasteiger partial charge in [0.05, 0.1) is 16.3 Å². The number of likely N-dealkylation sites (N-methyl/N-ethyl adjacent to an activating group) is 1. The molecule has 2 heterocycles. The highest BCUT2D eigenvalue weighted by Crippen LogP contribution is 2.30. The van der Waals surface area contributed by atoms with Gasteiger partial charge in [-0.1, -0.05) is 23.7 Å². The number of para-hydroxylation sites is 2. The molecule has 10 nitrogen and oxygen atoms in total. The number of nitro groups is 1. The molecular weight excluding hydrogens is 460 g/mol. The van der Waals surface area contributed by atoms with Crippen LogP contribution in [0.4, 0.5) is 17.1 Å². The number of hydrogen-bond donors (Lipinski definition) is 1. The van der Waals surface area contributed by atoms with Crippen molar-refractivity contribution in [3.8, 4) is 5.69 Å². The molecule has 0 saturated carbocycles. The molecule has 1 amide bonds. The van der Waals surface area contributed by atoms with Crippen molar-refractivity contribution < 1.29 is 9.72 Å². The molecule has 0 bridgehead atoms. The largest absolute Gasteiger partial charge is 0.367 e. The lowest BCUT2D eigenvalue weighted by Gasteiger charge is -2.35. The molecule has 0 radical (unpaired) electrons. The van der Waals surface area contributed by atoms with Crippen molar-refractivity contribution in [3.63, 3.8) is 0 Å². The number of nitro benzene ring substituents is 1. The number of aryl methyl sites for hydroxylation is 1. The van der Waals surface area contributed by atoms with E-state index in [0.29, 0.717) is 16.4 Å². The highest BCUT2D eigenvalue weighted by atomic mass is 35.5. The molecule has 0 aliphatic carbocycles. The van der Waals surface area contributed by atoms with Gasteiger partial charge < -0.3 is 15.1 Å². The van der Waals surface area contributed by atoms with Crippen LogP contribution in [-0.4, -0.2) is 58.7 Å². The lowest BCUT2D eigenvalue weighted by atomic mass is 10.2. The SMILES string of the molecule is Cc1cc(=O)c(C(=O)Nc2cc(Cl)ccc2N2CCN(C)CC2)nn1-c1ccccc1[N+](=O)[O-]. The molecule has 3 aromatic rings. The maximum absolute atomic E-state index is 13.2. The van der Waals surface area contributed by atoms with Crippen LogP contribution in [0.15, 0.2) is 53.3 Å². The Morgan fingerprint density at radius 2 is 1.79 bits per heavy atom. The number of amides is 1. The number of rotatable bonds is 5. The first-order valence-corrected chi connectivity index (χ1v) is 11.0. The van der Waals surface area contributed by atoms with E-state index in [2.05, 4.69) is 20.2 Å². The van der Waals surface area contributed by atoms with Gasteiger partial charge in [0.1, 0.15) is 5.69 Å². The summed E-state index contributed by atoms with van der Waals surface area (Å²) in [6.45, 7) is 4.88. The predicted octanol–water partition coefficient (Wildman–Crippen LogP) is 3.11. The van der Waals surface area contributed by atoms with E-state index in [1.54, 1.807) is 25.1 Å². The third-order valence-electron chi connectivity index (χ3n) is 5.68. The van der Waals surface area contributed by atoms with Gasteiger partial charge >= 0.3 is 0 Å². The molecule has 1 fully saturated rings. The highest BCUT2D eigenvalue weighted by molar-refractivity contribution is 6.31. The fraction of sp³-hybridized carbons (Fsp3) is 0.261. The minimum Gasteiger partial charge on any atom is -0.367 e. The van der Waals surface area contributed by atoms with Gasteiger partial charge in [0.25, 0.3) is 11.6 Å². The number of halogens is 1. The molecule has 4 rings (SSSR count). The summed E-state index contributed by atoms with van der Waals surface area (Å²) < 4.78 is 1.23. The zero-order valence-electron chi connectivity index (χ0n) is 18.7. The molecule has 1 aromatic heterocycles. The summed E-state index contributed by atoms with van der Waals surface area (Å²) in [6.07, 6.45) is 0. The van der Waals surface area contributed by atoms with Gasteiger partial charge in [-0.2, -0.15) is 5.10 Å². The molecule has 1 aliphatic rings. The first-order chi connectivity index (χ1) is 16.2. The van der Waals surface area contributed by atoms with Crippen molar-refractivity contribution >= 4 is 34.6 Å². The van der Waals surface area contributed by atoms with Crippen LogP contribution < -0.4 is 15.6 Å². The van der Waals surface area contributed by atoms with Gasteiger partial charge in [-0.25, -0.2) is 4.68 Å². The molecule has 1 N–H and O–H groups in total. The number of nitrogens with zero attached hydrogens (tertiary/aromatic N) is 5. The number of carbonyl (C=O) groups is 1. The summed E-state index contributed by atoms with van der Waals surface area (Å²) in [4.78, 5) is 41.1. The molecule has 11 heteroatoms. The zero-order valence-corrected chi connectivity index (χ0v) is 19.5. The topological polar surface area (TPSA) is 114 Å². The fourth-order valence-electron chi connectivity index (χ4n) is 3.86. The smallest absolute Gasteiger partial charge is 0.294 e. The standard InChI is InChI=1S/C23H23ClN6O4/c1-15-13-21(31)22(26-29(15)19-5-3-4-6-20(19)30(33)34)23(32)25-17-14-16(24)7-8-18(17)28-11-9-27(2)10-12-28/h3-8,13-14H,9-12H2,1-2H3,(H,25,32). The van der Waals surface area contributed by atoms with Crippen molar-refractivity contribution in [2.45, 2.75) is 6.92 Å². The molecule has 0 spiro atoms. The number of carbonyl (C=O) groups excluding carboxylic acids is 1. The number of aromatic nitrogens is 2. The van der Waals surface area contributed by atoms with Crippen LogP contribution in [0.5, 0.6) is 0 Å². The van der Waals surface area contributed by atoms with E-state index in [1.165, 1.54) is 28.9 Å². The molecular formula is C23H23ClN6O4. The molecule has 34 heavy (non-hydrogen) atoms. The van der Waals surface area contributed by atoms with Gasteiger partial charge in [0.15, 0.2) is 5.69 Å². The van der Waals surface area contributed by atoms with Crippen molar-refractivity contribution in [1.29, 1.82) is 0 Å². The number of anilines is 2. The Labute approximate surface area is 200 Å². The molecule has 0 unspecified atom stereocenters. The molecule has 1 aliphatic heterocycles. The van der Waals surface area contributed by atoms with Crippen molar-refractivity contribution in [3.05, 3.63) is 85.3 Å². The number of piperazine rings is 1. The van der Waals surface area contributed by atoms with Gasteiger partial charge in [-0.15, -0.1) is 0 Å². The third-order valence-corrected chi connectivity index (χ3v) is 5.92. The van der Waals surface area contributed by atoms with E-state index in [0.717, 1.165) is 31.9 Å². The third kappa shape index (κ3) is 4.78. The van der Waals surface area contributed by atoms with Gasteiger partial charge in [-0.3, -0.25) is 19.7 Å². The predicted molar refractivity (Wildman–Crippen MR) is 130 cm³/mol. The van der Waals surface area contributed by atoms with E-state index < -0.39 is 16.3 Å². The number of hydrogen-bond acceptors (Lipinski definition) is 7. The van der Waals surface area contributed by atoms with E-state index in [-0.39, 0.29) is 17.1 Å². The first-order valence-electron chi connectivity index (χ1n) is 10.6. The normalized spacial score (nSPS) is 14.1. The maximum Gasteiger partial charge on any atom is 0.294 e. The second-order valence-electron chi connectivity index (χ2n) is 8.06. The van der Waals surface area contributed by atoms with Crippen LogP contribution in [-0.2, 0) is 0 Å². The lowest BCUT2D eigenvalue weighted by molar-refractivity contribution is -0.384. The average molecular weight is 483 g/mol. The van der Waals surface area contributed by atoms with Crippen molar-refractivity contribution in [2.24, 2.45) is 0 Å². The Hall–Kier alpha value is -3.76. The fourth-order valence-corrected chi connectivity index (χ4v) is 4.03. The highest BCUT2D eigenvalue weighted by Gasteiger charge is 2.23. The summed E-state index contributed by atoms with van der Waals surface area (Å²) in [7, 11) is 2.05. The average Bonchev–Trinajstić information content (AvgIpc) is 2.80. The van der Waals surface area contributed by atoms with Crippen LogP contribution in [0.2, 0.25) is 5.02 Å². The van der Waals surface area contributed by atoms with Crippen LogP contribution in [0.25, 0.3) is 5.69 Å². The van der Waals surface area contributed by atoms with Crippen molar-refractivity contribution in [1.82, 2.24) is 14.7 Å². The Morgan fingerprint density at radius 1 is 1.09 bits per heavy atom. The Balaban J connectivity index is 1.70. The summed E-state index contributed by atoms with van der Waals surface area (Å²) in [5, 5.41) is 18.9. The van der Waals surface area contributed by atoms with E-state index in [9.17, 15) is 19.7 Å². The second kappa shape index (κ2) is 9.62. The summed E-state index contributed by atoms with van der Waals surface area (Å²) in [6, 6.07) is 12.4.